The average molecular weight is 470 g/mol. The lowest BCUT2D eigenvalue weighted by molar-refractivity contribution is -0.120. The normalized spacial score (nSPS) is 13.0. The molecular weight excluding hydrogens is 420 g/mol. The second kappa shape index (κ2) is 22.8. The van der Waals surface area contributed by atoms with Crippen molar-refractivity contribution in [1.82, 2.24) is 4.90 Å². The summed E-state index contributed by atoms with van der Waals surface area (Å²) in [6.45, 7) is 19.4. The first-order chi connectivity index (χ1) is 14.6. The molecule has 0 aliphatic heterocycles. The van der Waals surface area contributed by atoms with Crippen molar-refractivity contribution >= 4 is 17.2 Å². The largest absolute Gasteiger partial charge is 0.379 e. The predicted molar refractivity (Wildman–Crippen MR) is 132 cm³/mol. The van der Waals surface area contributed by atoms with Crippen molar-refractivity contribution in [3.05, 3.63) is 0 Å². The van der Waals surface area contributed by atoms with E-state index < -0.39 is 0 Å². The Kier molecular flexibility index (Phi) is 23.3. The standard InChI is InChI=1S/C22H49NO5P2/c1-7-24-21(25-8-2)18-29-16-13-23(12-11-15-28-20(5)6)14-17-30-19-22(26-9-3)27-10-4/h20-22,29-30H,7-19H2,1-6H3. The van der Waals surface area contributed by atoms with E-state index in [9.17, 15) is 0 Å². The van der Waals surface area contributed by atoms with Crippen molar-refractivity contribution in [2.45, 2.75) is 66.6 Å². The molecule has 2 atom stereocenters. The van der Waals surface area contributed by atoms with Crippen LogP contribution < -0.4 is 0 Å². The number of nitrogens with zero attached hydrogens (tertiary/aromatic N) is 1. The van der Waals surface area contributed by atoms with Gasteiger partial charge in [-0.05, 0) is 60.3 Å². The first-order valence-corrected chi connectivity index (χ1v) is 14.6. The minimum absolute atomic E-state index is 0.0400. The molecule has 0 aliphatic rings. The molecule has 0 aromatic carbocycles. The summed E-state index contributed by atoms with van der Waals surface area (Å²) in [5.41, 5.74) is 0. The van der Waals surface area contributed by atoms with E-state index in [1.165, 1.54) is 12.3 Å². The number of ether oxygens (including phenoxy) is 5. The third kappa shape index (κ3) is 19.3. The van der Waals surface area contributed by atoms with Crippen molar-refractivity contribution in [2.24, 2.45) is 0 Å². The molecule has 0 aromatic heterocycles. The summed E-state index contributed by atoms with van der Waals surface area (Å²) in [5.74, 6) is 0. The zero-order valence-electron chi connectivity index (χ0n) is 20.4. The van der Waals surface area contributed by atoms with Crippen molar-refractivity contribution in [3.8, 4) is 0 Å². The molecule has 0 saturated carbocycles. The topological polar surface area (TPSA) is 49.4 Å². The van der Waals surface area contributed by atoms with Crippen LogP contribution in [0, 0.1) is 0 Å². The highest BCUT2D eigenvalue weighted by Gasteiger charge is 2.11. The van der Waals surface area contributed by atoms with Crippen LogP contribution in [0.15, 0.2) is 0 Å². The number of rotatable bonds is 23. The second-order valence-electron chi connectivity index (χ2n) is 7.20. The van der Waals surface area contributed by atoms with Crippen molar-refractivity contribution in [2.75, 3.05) is 77.3 Å². The van der Waals surface area contributed by atoms with Crippen molar-refractivity contribution in [3.63, 3.8) is 0 Å². The van der Waals surface area contributed by atoms with E-state index >= 15 is 0 Å². The monoisotopic (exact) mass is 469 g/mol. The van der Waals surface area contributed by atoms with Crippen molar-refractivity contribution in [1.29, 1.82) is 0 Å². The van der Waals surface area contributed by atoms with E-state index in [-0.39, 0.29) is 12.6 Å². The highest BCUT2D eigenvalue weighted by Crippen LogP contribution is 2.17. The highest BCUT2D eigenvalue weighted by atomic mass is 31.1. The number of hydrogen-bond donors (Lipinski definition) is 0. The van der Waals surface area contributed by atoms with Crippen LogP contribution in [-0.2, 0) is 23.7 Å². The Hall–Kier alpha value is 0.620. The molecule has 0 rings (SSSR count). The van der Waals surface area contributed by atoms with Crippen molar-refractivity contribution < 1.29 is 23.7 Å². The SMILES string of the molecule is CCOC(CPCCN(CCCOC(C)C)CCPCC(OCC)OCC)OCC. The molecule has 182 valence electrons. The fourth-order valence-electron chi connectivity index (χ4n) is 2.93. The fourth-order valence-corrected chi connectivity index (χ4v) is 5.23. The zero-order chi connectivity index (χ0) is 22.5. The highest BCUT2D eigenvalue weighted by molar-refractivity contribution is 7.38. The van der Waals surface area contributed by atoms with E-state index in [0.29, 0.717) is 32.5 Å². The molecular formula is C22H49NO5P2. The smallest absolute Gasteiger partial charge is 0.161 e. The maximum absolute atomic E-state index is 5.72. The van der Waals surface area contributed by atoms with Gasteiger partial charge in [-0.25, -0.2) is 0 Å². The molecule has 2 unspecified atom stereocenters. The number of hydrogen-bond acceptors (Lipinski definition) is 6. The summed E-state index contributed by atoms with van der Waals surface area (Å²) in [4.78, 5) is 2.59. The summed E-state index contributed by atoms with van der Waals surface area (Å²) in [5, 5.41) is 0. The van der Waals surface area contributed by atoms with E-state index in [4.69, 9.17) is 23.7 Å². The summed E-state index contributed by atoms with van der Waals surface area (Å²) < 4.78 is 28.4. The molecule has 0 bridgehead atoms. The van der Waals surface area contributed by atoms with Gasteiger partial charge in [0.2, 0.25) is 0 Å². The Bertz CT molecular complexity index is 317. The van der Waals surface area contributed by atoms with Crippen LogP contribution in [0.25, 0.3) is 0 Å². The van der Waals surface area contributed by atoms with Gasteiger partial charge in [0.1, 0.15) is 0 Å². The second-order valence-corrected chi connectivity index (χ2v) is 10.0. The molecule has 0 spiro atoms. The molecule has 0 heterocycles. The van der Waals surface area contributed by atoms with Gasteiger partial charge < -0.3 is 28.6 Å². The van der Waals surface area contributed by atoms with Crippen LogP contribution in [-0.4, -0.2) is 101 Å². The van der Waals surface area contributed by atoms with E-state index in [2.05, 4.69) is 18.7 Å². The zero-order valence-corrected chi connectivity index (χ0v) is 22.4. The van der Waals surface area contributed by atoms with Gasteiger partial charge in [0.15, 0.2) is 12.6 Å². The maximum Gasteiger partial charge on any atom is 0.161 e. The molecule has 8 heteroatoms. The van der Waals surface area contributed by atoms with Gasteiger partial charge in [0, 0.05) is 65.0 Å². The van der Waals surface area contributed by atoms with Crippen LogP contribution in [0.4, 0.5) is 0 Å². The fraction of sp³-hybridized carbons (Fsp3) is 1.00. The first kappa shape index (κ1) is 30.6. The maximum atomic E-state index is 5.72. The summed E-state index contributed by atoms with van der Waals surface area (Å²) in [6, 6.07) is 0. The van der Waals surface area contributed by atoms with Crippen LogP contribution in [0.5, 0.6) is 0 Å². The Morgan fingerprint density at radius 2 is 1.07 bits per heavy atom. The van der Waals surface area contributed by atoms with E-state index in [0.717, 1.165) is 62.1 Å². The van der Waals surface area contributed by atoms with Crippen LogP contribution in [0.2, 0.25) is 0 Å². The summed E-state index contributed by atoms with van der Waals surface area (Å²) in [6.07, 6.45) is 5.71. The predicted octanol–water partition coefficient (Wildman–Crippen LogP) is 4.26. The third-order valence-electron chi connectivity index (χ3n) is 4.31. The van der Waals surface area contributed by atoms with Gasteiger partial charge in [-0.3, -0.25) is 0 Å². The molecule has 0 fully saturated rings. The lowest BCUT2D eigenvalue weighted by Crippen LogP contribution is -2.31. The lowest BCUT2D eigenvalue weighted by atomic mass is 10.4. The Balaban J connectivity index is 4.25. The molecule has 0 radical (unpaired) electrons. The van der Waals surface area contributed by atoms with E-state index in [1.807, 2.05) is 27.7 Å². The van der Waals surface area contributed by atoms with Gasteiger partial charge in [-0.1, -0.05) is 0 Å². The van der Waals surface area contributed by atoms with Crippen LogP contribution in [0.3, 0.4) is 0 Å². The molecule has 0 aliphatic carbocycles. The molecule has 0 aromatic rings. The van der Waals surface area contributed by atoms with Gasteiger partial charge >= 0.3 is 0 Å². The first-order valence-electron chi connectivity index (χ1n) is 11.8. The lowest BCUT2D eigenvalue weighted by Gasteiger charge is -2.24. The Morgan fingerprint density at radius 3 is 1.43 bits per heavy atom. The Labute approximate surface area is 190 Å². The molecule has 0 N–H and O–H groups in total. The molecule has 0 saturated heterocycles. The van der Waals surface area contributed by atoms with Crippen LogP contribution >= 0.6 is 17.2 Å². The van der Waals surface area contributed by atoms with Gasteiger partial charge in [-0.2, -0.15) is 0 Å². The summed E-state index contributed by atoms with van der Waals surface area (Å²) in [7, 11) is 1.73. The molecule has 0 amide bonds. The quantitative estimate of drug-likeness (QED) is 0.127. The van der Waals surface area contributed by atoms with E-state index in [1.54, 1.807) is 0 Å². The minimum Gasteiger partial charge on any atom is -0.379 e. The Morgan fingerprint density at radius 1 is 0.633 bits per heavy atom. The average Bonchev–Trinajstić information content (AvgIpc) is 2.71. The van der Waals surface area contributed by atoms with Gasteiger partial charge in [0.25, 0.3) is 0 Å². The summed E-state index contributed by atoms with van der Waals surface area (Å²) >= 11 is 0. The molecule has 6 nitrogen and oxygen atoms in total. The third-order valence-corrected chi connectivity index (χ3v) is 6.71. The van der Waals surface area contributed by atoms with Gasteiger partial charge in [-0.15, -0.1) is 17.2 Å². The molecule has 30 heavy (non-hydrogen) atoms. The van der Waals surface area contributed by atoms with Crippen LogP contribution in [0.1, 0.15) is 48.0 Å². The minimum atomic E-state index is -0.0400. The van der Waals surface area contributed by atoms with Gasteiger partial charge in [0.05, 0.1) is 6.10 Å².